The van der Waals surface area contributed by atoms with Crippen LogP contribution in [0, 0.1) is 0 Å². The predicted molar refractivity (Wildman–Crippen MR) is 62.1 cm³/mol. The summed E-state index contributed by atoms with van der Waals surface area (Å²) in [7, 11) is 0. The SMILES string of the molecule is O=C([O-])N1CCC(c2ccc(OC(F)(F)F)cc2)CC1. The van der Waals surface area contributed by atoms with E-state index in [1.54, 1.807) is 12.1 Å². The summed E-state index contributed by atoms with van der Waals surface area (Å²) in [6, 6.07) is 5.71. The van der Waals surface area contributed by atoms with Crippen molar-refractivity contribution in [1.29, 1.82) is 0 Å². The largest absolute Gasteiger partial charge is 0.573 e. The molecule has 0 saturated carbocycles. The number of ether oxygens (including phenoxy) is 1. The van der Waals surface area contributed by atoms with Crippen molar-refractivity contribution >= 4 is 6.09 Å². The minimum absolute atomic E-state index is 0.144. The zero-order valence-electron chi connectivity index (χ0n) is 10.5. The molecular formula is C13H13F3NO3-. The van der Waals surface area contributed by atoms with Gasteiger partial charge in [0.25, 0.3) is 0 Å². The van der Waals surface area contributed by atoms with Crippen LogP contribution in [0.15, 0.2) is 24.3 Å². The Balaban J connectivity index is 1.96. The standard InChI is InChI=1S/C13H14F3NO3/c14-13(15,16)20-11-3-1-9(2-4-11)10-5-7-17(8-6-10)12(18)19/h1-4,10H,5-8H2,(H,18,19)/p-1. The number of carbonyl (C=O) groups excluding carboxylic acids is 1. The summed E-state index contributed by atoms with van der Waals surface area (Å²) in [5, 5.41) is 10.7. The fraction of sp³-hybridized carbons (Fsp3) is 0.462. The van der Waals surface area contributed by atoms with Gasteiger partial charge in [0.15, 0.2) is 0 Å². The van der Waals surface area contributed by atoms with Gasteiger partial charge in [0.1, 0.15) is 11.8 Å². The Kier molecular flexibility index (Phi) is 4.06. The lowest BCUT2D eigenvalue weighted by molar-refractivity contribution is -0.274. The zero-order valence-corrected chi connectivity index (χ0v) is 10.5. The molecule has 110 valence electrons. The summed E-state index contributed by atoms with van der Waals surface area (Å²) < 4.78 is 39.9. The second-order valence-corrected chi connectivity index (χ2v) is 4.64. The number of hydrogen-bond donors (Lipinski definition) is 0. The highest BCUT2D eigenvalue weighted by atomic mass is 19.4. The van der Waals surface area contributed by atoms with Gasteiger partial charge in [-0.05, 0) is 36.5 Å². The molecule has 0 aliphatic carbocycles. The lowest BCUT2D eigenvalue weighted by Crippen LogP contribution is -2.45. The monoisotopic (exact) mass is 288 g/mol. The molecule has 0 N–H and O–H groups in total. The van der Waals surface area contributed by atoms with Crippen LogP contribution in [0.1, 0.15) is 24.3 Å². The van der Waals surface area contributed by atoms with Crippen molar-refractivity contribution < 1.29 is 27.8 Å². The maximum absolute atomic E-state index is 12.0. The van der Waals surface area contributed by atoms with Crippen molar-refractivity contribution in [2.24, 2.45) is 0 Å². The minimum Gasteiger partial charge on any atom is -0.530 e. The van der Waals surface area contributed by atoms with E-state index in [1.807, 2.05) is 0 Å². The zero-order chi connectivity index (χ0) is 14.8. The molecule has 1 aliphatic heterocycles. The first kappa shape index (κ1) is 14.5. The molecule has 20 heavy (non-hydrogen) atoms. The van der Waals surface area contributed by atoms with E-state index in [0.29, 0.717) is 25.9 Å². The fourth-order valence-electron chi connectivity index (χ4n) is 2.34. The van der Waals surface area contributed by atoms with Gasteiger partial charge in [0, 0.05) is 13.1 Å². The molecule has 0 radical (unpaired) electrons. The van der Waals surface area contributed by atoms with Crippen LogP contribution in [-0.2, 0) is 0 Å². The normalized spacial score (nSPS) is 17.1. The average Bonchev–Trinajstić information content (AvgIpc) is 2.38. The molecule has 1 saturated heterocycles. The number of hydrogen-bond acceptors (Lipinski definition) is 3. The molecule has 0 unspecified atom stereocenters. The topological polar surface area (TPSA) is 52.6 Å². The van der Waals surface area contributed by atoms with Gasteiger partial charge in [-0.15, -0.1) is 13.2 Å². The van der Waals surface area contributed by atoms with Crippen molar-refractivity contribution in [3.63, 3.8) is 0 Å². The summed E-state index contributed by atoms with van der Waals surface area (Å²) in [5.41, 5.74) is 0.887. The van der Waals surface area contributed by atoms with Crippen LogP contribution in [0.3, 0.4) is 0 Å². The molecule has 1 fully saturated rings. The highest BCUT2D eigenvalue weighted by molar-refractivity contribution is 5.62. The van der Waals surface area contributed by atoms with Gasteiger partial charge in [0.2, 0.25) is 0 Å². The molecule has 1 amide bonds. The molecule has 4 nitrogen and oxygen atoms in total. The first-order chi connectivity index (χ1) is 9.35. The molecule has 1 heterocycles. The minimum atomic E-state index is -4.69. The third-order valence-corrected chi connectivity index (χ3v) is 3.34. The molecule has 1 aliphatic rings. The third kappa shape index (κ3) is 3.79. The third-order valence-electron chi connectivity index (χ3n) is 3.34. The smallest absolute Gasteiger partial charge is 0.530 e. The quantitative estimate of drug-likeness (QED) is 0.837. The summed E-state index contributed by atoms with van der Waals surface area (Å²) in [5.74, 6) is -0.112. The van der Waals surface area contributed by atoms with E-state index in [1.165, 1.54) is 17.0 Å². The van der Waals surface area contributed by atoms with Gasteiger partial charge in [-0.3, -0.25) is 0 Å². The van der Waals surface area contributed by atoms with Crippen molar-refractivity contribution in [2.75, 3.05) is 13.1 Å². The molecule has 2 rings (SSSR count). The van der Waals surface area contributed by atoms with Gasteiger partial charge >= 0.3 is 6.36 Å². The van der Waals surface area contributed by atoms with Crippen molar-refractivity contribution in [3.05, 3.63) is 29.8 Å². The summed E-state index contributed by atoms with van der Waals surface area (Å²) in [6.07, 6.45) is -4.61. The van der Waals surface area contributed by atoms with Crippen molar-refractivity contribution in [2.45, 2.75) is 25.1 Å². The van der Waals surface area contributed by atoms with E-state index in [0.717, 1.165) is 5.56 Å². The van der Waals surface area contributed by atoms with Crippen LogP contribution in [0.5, 0.6) is 5.75 Å². The first-order valence-electron chi connectivity index (χ1n) is 6.17. The van der Waals surface area contributed by atoms with E-state index < -0.39 is 12.5 Å². The van der Waals surface area contributed by atoms with E-state index in [-0.39, 0.29) is 11.7 Å². The number of halogens is 3. The number of benzene rings is 1. The highest BCUT2D eigenvalue weighted by Crippen LogP contribution is 2.30. The number of likely N-dealkylation sites (tertiary alicyclic amines) is 1. The lowest BCUT2D eigenvalue weighted by Gasteiger charge is -2.33. The Bertz CT molecular complexity index is 465. The predicted octanol–water partition coefficient (Wildman–Crippen LogP) is 2.11. The molecule has 7 heteroatoms. The number of amides is 1. The number of rotatable bonds is 2. The van der Waals surface area contributed by atoms with Gasteiger partial charge in [-0.1, -0.05) is 12.1 Å². The molecule has 1 aromatic carbocycles. The number of alkyl halides is 3. The number of nitrogens with zero attached hydrogens (tertiary/aromatic N) is 1. The molecule has 0 atom stereocenters. The van der Waals surface area contributed by atoms with Gasteiger partial charge in [-0.25, -0.2) is 0 Å². The molecule has 1 aromatic rings. The van der Waals surface area contributed by atoms with Crippen molar-refractivity contribution in [1.82, 2.24) is 4.90 Å². The van der Waals surface area contributed by atoms with E-state index in [2.05, 4.69) is 4.74 Å². The van der Waals surface area contributed by atoms with Crippen LogP contribution in [-0.4, -0.2) is 30.4 Å². The molecule has 0 aromatic heterocycles. The van der Waals surface area contributed by atoms with E-state index in [9.17, 15) is 23.1 Å². The Morgan fingerprint density at radius 3 is 2.20 bits per heavy atom. The Labute approximate surface area is 113 Å². The molecule has 0 spiro atoms. The fourth-order valence-corrected chi connectivity index (χ4v) is 2.34. The van der Waals surface area contributed by atoms with Gasteiger partial charge in [0.05, 0.1) is 0 Å². The average molecular weight is 288 g/mol. The number of piperidine rings is 1. The second kappa shape index (κ2) is 5.60. The van der Waals surface area contributed by atoms with Crippen LogP contribution >= 0.6 is 0 Å². The lowest BCUT2D eigenvalue weighted by atomic mass is 9.89. The van der Waals surface area contributed by atoms with Crippen LogP contribution in [0.25, 0.3) is 0 Å². The molecular weight excluding hydrogens is 275 g/mol. The first-order valence-corrected chi connectivity index (χ1v) is 6.17. The Morgan fingerprint density at radius 2 is 1.75 bits per heavy atom. The van der Waals surface area contributed by atoms with Gasteiger partial charge < -0.3 is 19.5 Å². The van der Waals surface area contributed by atoms with Crippen molar-refractivity contribution in [3.8, 4) is 5.75 Å². The summed E-state index contributed by atoms with van der Waals surface area (Å²) in [4.78, 5) is 11.9. The maximum Gasteiger partial charge on any atom is 0.573 e. The van der Waals surface area contributed by atoms with Gasteiger partial charge in [-0.2, -0.15) is 0 Å². The van der Waals surface area contributed by atoms with E-state index >= 15 is 0 Å². The van der Waals surface area contributed by atoms with E-state index in [4.69, 9.17) is 0 Å². The second-order valence-electron chi connectivity index (χ2n) is 4.64. The van der Waals surface area contributed by atoms with Crippen LogP contribution in [0.2, 0.25) is 0 Å². The summed E-state index contributed by atoms with van der Waals surface area (Å²) in [6.45, 7) is 0.765. The Hall–Kier alpha value is -1.92. The van der Waals surface area contributed by atoms with Crippen LogP contribution < -0.4 is 9.84 Å². The van der Waals surface area contributed by atoms with Crippen LogP contribution in [0.4, 0.5) is 18.0 Å². The maximum atomic E-state index is 12.0. The number of carbonyl (C=O) groups is 1. The Morgan fingerprint density at radius 1 is 1.20 bits per heavy atom. The number of carboxylic acid groups (broad SMARTS) is 1. The molecule has 0 bridgehead atoms. The highest BCUT2D eigenvalue weighted by Gasteiger charge is 2.31. The summed E-state index contributed by atoms with van der Waals surface area (Å²) >= 11 is 0.